The van der Waals surface area contributed by atoms with E-state index in [0.29, 0.717) is 18.1 Å². The zero-order chi connectivity index (χ0) is 20.7. The number of allylic oxidation sites excluding steroid dienone is 1. The molecule has 1 aromatic heterocycles. The number of hydrogen-bond donors (Lipinski definition) is 1. The molecule has 0 saturated carbocycles. The number of aryl methyl sites for hydroxylation is 1. The number of aromatic nitrogens is 2. The normalized spacial score (nSPS) is 17.9. The second-order valence-corrected chi connectivity index (χ2v) is 9.21. The molecule has 0 fully saturated rings. The van der Waals surface area contributed by atoms with E-state index in [1.165, 1.54) is 41.3 Å². The van der Waals surface area contributed by atoms with Crippen molar-refractivity contribution in [2.75, 3.05) is 6.61 Å². The van der Waals surface area contributed by atoms with Gasteiger partial charge in [-0.15, -0.1) is 0 Å². The van der Waals surface area contributed by atoms with Crippen LogP contribution in [0.3, 0.4) is 0 Å². The van der Waals surface area contributed by atoms with Gasteiger partial charge in [-0.05, 0) is 78.3 Å². The van der Waals surface area contributed by atoms with Crippen LogP contribution in [-0.2, 0) is 15.6 Å². The fraction of sp³-hybridized carbons (Fsp3) is 0.500. The minimum atomic E-state index is -0.374. The summed E-state index contributed by atoms with van der Waals surface area (Å²) in [5, 5.41) is 0. The number of aromatic amines is 1. The van der Waals surface area contributed by atoms with Gasteiger partial charge in [0.25, 0.3) is 0 Å². The number of carbonyl (C=O) groups is 1. The van der Waals surface area contributed by atoms with Crippen LogP contribution in [0.5, 0.6) is 0 Å². The first-order valence-corrected chi connectivity index (χ1v) is 10.1. The van der Waals surface area contributed by atoms with Crippen molar-refractivity contribution in [2.24, 2.45) is 0 Å². The first-order valence-electron chi connectivity index (χ1n) is 10.1. The lowest BCUT2D eigenvalue weighted by Gasteiger charge is -2.42. The number of nitrogens with one attached hydrogen (secondary N) is 1. The van der Waals surface area contributed by atoms with E-state index in [9.17, 15) is 4.79 Å². The van der Waals surface area contributed by atoms with E-state index in [1.807, 2.05) is 6.08 Å². The molecule has 2 aromatic rings. The Labute approximate surface area is 168 Å². The standard InChI is InChI=1S/C24H32N2O2/c1-8-28-22(27)20-14-25-21(26-20)12-16(3)17-13-19-18(11-15(17)2)23(4,5)9-10-24(19,6)7/h11-14H,8-10H2,1-7H3,(H,25,26). The van der Waals surface area contributed by atoms with Gasteiger partial charge in [0, 0.05) is 0 Å². The van der Waals surface area contributed by atoms with E-state index >= 15 is 0 Å². The third-order valence-electron chi connectivity index (χ3n) is 6.07. The molecule has 28 heavy (non-hydrogen) atoms. The third-order valence-corrected chi connectivity index (χ3v) is 6.07. The van der Waals surface area contributed by atoms with Gasteiger partial charge in [0.1, 0.15) is 11.5 Å². The number of esters is 1. The zero-order valence-corrected chi connectivity index (χ0v) is 18.2. The van der Waals surface area contributed by atoms with Crippen LogP contribution in [0.1, 0.15) is 93.0 Å². The molecule has 0 saturated heterocycles. The number of H-pyrrole nitrogens is 1. The van der Waals surface area contributed by atoms with Crippen molar-refractivity contribution < 1.29 is 9.53 Å². The number of fused-ring (bicyclic) bond motifs is 1. The molecule has 1 aromatic carbocycles. The van der Waals surface area contributed by atoms with Gasteiger partial charge in [-0.25, -0.2) is 9.78 Å². The summed E-state index contributed by atoms with van der Waals surface area (Å²) in [7, 11) is 0. The summed E-state index contributed by atoms with van der Waals surface area (Å²) in [5.41, 5.74) is 7.32. The van der Waals surface area contributed by atoms with E-state index in [-0.39, 0.29) is 16.8 Å². The van der Waals surface area contributed by atoms with E-state index in [4.69, 9.17) is 4.74 Å². The molecule has 1 aliphatic carbocycles. The van der Waals surface area contributed by atoms with E-state index in [1.54, 1.807) is 6.92 Å². The van der Waals surface area contributed by atoms with Crippen LogP contribution in [-0.4, -0.2) is 22.5 Å². The number of carbonyl (C=O) groups excluding carboxylic acids is 1. The first kappa shape index (κ1) is 20.4. The maximum Gasteiger partial charge on any atom is 0.356 e. The highest BCUT2D eigenvalue weighted by Gasteiger charge is 2.37. The van der Waals surface area contributed by atoms with Gasteiger partial charge in [-0.1, -0.05) is 39.8 Å². The highest BCUT2D eigenvalue weighted by molar-refractivity contribution is 5.88. The molecular formula is C24H32N2O2. The third kappa shape index (κ3) is 3.78. The number of benzene rings is 1. The number of nitrogens with zero attached hydrogens (tertiary/aromatic N) is 1. The smallest absolute Gasteiger partial charge is 0.356 e. The molecule has 3 rings (SSSR count). The predicted octanol–water partition coefficient (Wildman–Crippen LogP) is 5.80. The average molecular weight is 381 g/mol. The molecule has 4 nitrogen and oxygen atoms in total. The summed E-state index contributed by atoms with van der Waals surface area (Å²) in [6, 6.07) is 4.74. The molecular weight excluding hydrogens is 348 g/mol. The van der Waals surface area contributed by atoms with Crippen LogP contribution in [0.15, 0.2) is 18.3 Å². The van der Waals surface area contributed by atoms with Crippen molar-refractivity contribution in [3.05, 3.63) is 52.1 Å². The van der Waals surface area contributed by atoms with E-state index in [2.05, 4.69) is 63.6 Å². The van der Waals surface area contributed by atoms with Crippen molar-refractivity contribution in [3.63, 3.8) is 0 Å². The zero-order valence-electron chi connectivity index (χ0n) is 18.2. The summed E-state index contributed by atoms with van der Waals surface area (Å²) in [6.07, 6.45) is 5.93. The molecule has 0 aliphatic heterocycles. The summed E-state index contributed by atoms with van der Waals surface area (Å²) in [5.74, 6) is 0.290. The Morgan fingerprint density at radius 3 is 2.39 bits per heavy atom. The van der Waals surface area contributed by atoms with Crippen molar-refractivity contribution in [1.82, 2.24) is 9.97 Å². The van der Waals surface area contributed by atoms with Crippen LogP contribution in [0.4, 0.5) is 0 Å². The molecule has 0 atom stereocenters. The molecule has 0 amide bonds. The Morgan fingerprint density at radius 2 is 1.79 bits per heavy atom. The van der Waals surface area contributed by atoms with Crippen LogP contribution >= 0.6 is 0 Å². The van der Waals surface area contributed by atoms with Crippen molar-refractivity contribution in [1.29, 1.82) is 0 Å². The molecule has 1 N–H and O–H groups in total. The lowest BCUT2D eigenvalue weighted by Crippen LogP contribution is -2.34. The maximum atomic E-state index is 11.8. The van der Waals surface area contributed by atoms with Crippen LogP contribution in [0.2, 0.25) is 0 Å². The SMILES string of the molecule is CCOC(=O)c1cnc(C=C(C)c2cc3c(cc2C)C(C)(C)CCC3(C)C)[nH]1. The van der Waals surface area contributed by atoms with Gasteiger partial charge < -0.3 is 9.72 Å². The van der Waals surface area contributed by atoms with Crippen molar-refractivity contribution in [3.8, 4) is 0 Å². The molecule has 1 aliphatic rings. The quantitative estimate of drug-likeness (QED) is 0.682. The molecule has 150 valence electrons. The summed E-state index contributed by atoms with van der Waals surface area (Å²) < 4.78 is 5.02. The summed E-state index contributed by atoms with van der Waals surface area (Å²) >= 11 is 0. The van der Waals surface area contributed by atoms with E-state index < -0.39 is 0 Å². The molecule has 0 spiro atoms. The fourth-order valence-corrected chi connectivity index (χ4v) is 4.15. The highest BCUT2D eigenvalue weighted by atomic mass is 16.5. The van der Waals surface area contributed by atoms with Gasteiger partial charge >= 0.3 is 5.97 Å². The van der Waals surface area contributed by atoms with Gasteiger partial charge in [-0.3, -0.25) is 0 Å². The summed E-state index contributed by atoms with van der Waals surface area (Å²) in [4.78, 5) is 19.2. The Balaban J connectivity index is 2.00. The maximum absolute atomic E-state index is 11.8. The van der Waals surface area contributed by atoms with Gasteiger partial charge in [0.15, 0.2) is 0 Å². The minimum Gasteiger partial charge on any atom is -0.461 e. The highest BCUT2D eigenvalue weighted by Crippen LogP contribution is 2.47. The van der Waals surface area contributed by atoms with Gasteiger partial charge in [-0.2, -0.15) is 0 Å². The number of hydrogen-bond acceptors (Lipinski definition) is 3. The molecule has 0 radical (unpaired) electrons. The monoisotopic (exact) mass is 380 g/mol. The molecule has 4 heteroatoms. The number of rotatable bonds is 4. The van der Waals surface area contributed by atoms with Gasteiger partial charge in [0.2, 0.25) is 0 Å². The lowest BCUT2D eigenvalue weighted by molar-refractivity contribution is 0.0520. The van der Waals surface area contributed by atoms with Crippen molar-refractivity contribution >= 4 is 17.6 Å². The molecule has 1 heterocycles. The van der Waals surface area contributed by atoms with Crippen molar-refractivity contribution in [2.45, 2.75) is 72.1 Å². The van der Waals surface area contributed by atoms with Crippen LogP contribution in [0, 0.1) is 6.92 Å². The molecule has 0 unspecified atom stereocenters. The van der Waals surface area contributed by atoms with E-state index in [0.717, 1.165) is 5.57 Å². The second kappa shape index (κ2) is 7.23. The second-order valence-electron chi connectivity index (χ2n) is 9.21. The first-order chi connectivity index (χ1) is 13.0. The van der Waals surface area contributed by atoms with Crippen LogP contribution < -0.4 is 0 Å². The Morgan fingerprint density at radius 1 is 1.18 bits per heavy atom. The minimum absolute atomic E-state index is 0.176. The largest absolute Gasteiger partial charge is 0.461 e. The number of imidazole rings is 1. The Bertz CT molecular complexity index is 932. The average Bonchev–Trinajstić information content (AvgIpc) is 3.07. The predicted molar refractivity (Wildman–Crippen MR) is 115 cm³/mol. The Kier molecular flexibility index (Phi) is 5.26. The fourth-order valence-electron chi connectivity index (χ4n) is 4.15. The summed E-state index contributed by atoms with van der Waals surface area (Å²) in [6.45, 7) is 15.8. The Hall–Kier alpha value is -2.36. The van der Waals surface area contributed by atoms with Crippen LogP contribution in [0.25, 0.3) is 11.6 Å². The van der Waals surface area contributed by atoms with Gasteiger partial charge in [0.05, 0.1) is 12.8 Å². The lowest BCUT2D eigenvalue weighted by atomic mass is 9.62. The number of ether oxygens (including phenoxy) is 1. The topological polar surface area (TPSA) is 55.0 Å². The molecule has 0 bridgehead atoms.